The van der Waals surface area contributed by atoms with Crippen LogP contribution in [-0.4, -0.2) is 38.3 Å². The number of ether oxygens (including phenoxy) is 1. The smallest absolute Gasteiger partial charge is 0.241 e. The number of nitrogens with two attached hydrogens (primary N) is 1. The Morgan fingerprint density at radius 1 is 1.36 bits per heavy atom. The molecule has 1 heterocycles. The number of nitrogens with one attached hydrogen (secondary N) is 1. The van der Waals surface area contributed by atoms with Crippen molar-refractivity contribution >= 4 is 42.1 Å². The van der Waals surface area contributed by atoms with Crippen LogP contribution in [0.4, 0.5) is 15.8 Å². The van der Waals surface area contributed by atoms with E-state index in [0.717, 1.165) is 5.69 Å². The van der Waals surface area contributed by atoms with Gasteiger partial charge in [0.15, 0.2) is 0 Å². The third kappa shape index (κ3) is 5.61. The topological polar surface area (TPSA) is 67.6 Å². The van der Waals surface area contributed by atoms with E-state index in [0.29, 0.717) is 38.4 Å². The number of carbonyl (C=O) groups is 1. The summed E-state index contributed by atoms with van der Waals surface area (Å²) in [6.07, 6.45) is 0.539. The van der Waals surface area contributed by atoms with Crippen LogP contribution in [0, 0.1) is 5.82 Å². The lowest BCUT2D eigenvalue weighted by atomic mass is 10.2. The van der Waals surface area contributed by atoms with Crippen LogP contribution >= 0.6 is 24.8 Å². The first-order valence-corrected chi connectivity index (χ1v) is 6.80. The molecular formula is C14H22Cl2FN3O2. The predicted octanol–water partition coefficient (Wildman–Crippen LogP) is 2.18. The van der Waals surface area contributed by atoms with Gasteiger partial charge in [0.25, 0.3) is 0 Å². The van der Waals surface area contributed by atoms with Crippen molar-refractivity contribution in [3.63, 3.8) is 0 Å². The zero-order valence-corrected chi connectivity index (χ0v) is 14.0. The molecule has 22 heavy (non-hydrogen) atoms. The molecule has 2 rings (SSSR count). The first-order valence-electron chi connectivity index (χ1n) is 6.80. The number of benzene rings is 1. The summed E-state index contributed by atoms with van der Waals surface area (Å²) in [7, 11) is 0. The van der Waals surface area contributed by atoms with Crippen molar-refractivity contribution in [2.24, 2.45) is 5.73 Å². The van der Waals surface area contributed by atoms with Gasteiger partial charge in [-0.15, -0.1) is 24.8 Å². The minimum absolute atomic E-state index is 0. The summed E-state index contributed by atoms with van der Waals surface area (Å²) >= 11 is 0. The minimum Gasteiger partial charge on any atom is -0.378 e. The zero-order chi connectivity index (χ0) is 14.5. The van der Waals surface area contributed by atoms with Gasteiger partial charge in [0.2, 0.25) is 5.91 Å². The quantitative estimate of drug-likeness (QED) is 0.870. The SMILES string of the molecule is CC[C@H](N)C(=O)Nc1cc(F)cc(N2CCOCC2)c1.Cl.Cl. The molecule has 1 aromatic rings. The van der Waals surface area contributed by atoms with E-state index >= 15 is 0 Å². The van der Waals surface area contributed by atoms with Gasteiger partial charge in [0.05, 0.1) is 19.3 Å². The molecule has 1 aromatic carbocycles. The second-order valence-electron chi connectivity index (χ2n) is 4.80. The molecule has 5 nitrogen and oxygen atoms in total. The van der Waals surface area contributed by atoms with E-state index in [4.69, 9.17) is 10.5 Å². The molecule has 8 heteroatoms. The highest BCUT2D eigenvalue weighted by Crippen LogP contribution is 2.23. The van der Waals surface area contributed by atoms with Gasteiger partial charge in [-0.25, -0.2) is 4.39 Å². The standard InChI is InChI=1S/C14H20FN3O2.2ClH/c1-2-13(16)14(19)17-11-7-10(15)8-12(9-11)18-3-5-20-6-4-18;;/h7-9,13H,2-6,16H2,1H3,(H,17,19);2*1H/t13-;;/m0../s1. The van der Waals surface area contributed by atoms with E-state index in [1.54, 1.807) is 6.07 Å². The molecule has 3 N–H and O–H groups in total. The van der Waals surface area contributed by atoms with Crippen LogP contribution in [0.25, 0.3) is 0 Å². The Hall–Kier alpha value is -1.08. The fourth-order valence-electron chi connectivity index (χ4n) is 2.07. The number of hydrogen-bond acceptors (Lipinski definition) is 4. The maximum Gasteiger partial charge on any atom is 0.241 e. The van der Waals surface area contributed by atoms with Gasteiger partial charge in [-0.05, 0) is 24.6 Å². The van der Waals surface area contributed by atoms with Gasteiger partial charge in [-0.2, -0.15) is 0 Å². The summed E-state index contributed by atoms with van der Waals surface area (Å²) in [5.41, 5.74) is 6.83. The molecule has 0 aliphatic carbocycles. The Morgan fingerprint density at radius 2 is 2.00 bits per heavy atom. The second-order valence-corrected chi connectivity index (χ2v) is 4.80. The average Bonchev–Trinajstić information content (AvgIpc) is 2.46. The number of carbonyl (C=O) groups excluding carboxylic acids is 1. The lowest BCUT2D eigenvalue weighted by Crippen LogP contribution is -2.36. The fraction of sp³-hybridized carbons (Fsp3) is 0.500. The van der Waals surface area contributed by atoms with Crippen LogP contribution < -0.4 is 16.0 Å². The highest BCUT2D eigenvalue weighted by Gasteiger charge is 2.15. The Morgan fingerprint density at radius 3 is 2.59 bits per heavy atom. The molecule has 0 saturated carbocycles. The number of anilines is 2. The molecule has 0 spiro atoms. The highest BCUT2D eigenvalue weighted by molar-refractivity contribution is 5.95. The summed E-state index contributed by atoms with van der Waals surface area (Å²) in [5, 5.41) is 2.65. The van der Waals surface area contributed by atoms with Crippen LogP contribution in [-0.2, 0) is 9.53 Å². The Balaban J connectivity index is 0.00000220. The lowest BCUT2D eigenvalue weighted by molar-refractivity contribution is -0.117. The molecule has 126 valence electrons. The van der Waals surface area contributed by atoms with E-state index in [2.05, 4.69) is 5.32 Å². The van der Waals surface area contributed by atoms with Gasteiger partial charge in [-0.3, -0.25) is 4.79 Å². The largest absolute Gasteiger partial charge is 0.378 e. The molecule has 1 aliphatic heterocycles. The predicted molar refractivity (Wildman–Crippen MR) is 90.8 cm³/mol. The summed E-state index contributed by atoms with van der Waals surface area (Å²) in [4.78, 5) is 13.8. The number of nitrogens with zero attached hydrogens (tertiary/aromatic N) is 1. The van der Waals surface area contributed by atoms with Gasteiger partial charge < -0.3 is 20.7 Å². The van der Waals surface area contributed by atoms with Crippen molar-refractivity contribution in [1.82, 2.24) is 0 Å². The Bertz CT molecular complexity index is 485. The third-order valence-electron chi connectivity index (χ3n) is 3.30. The van der Waals surface area contributed by atoms with Crippen LogP contribution in [0.5, 0.6) is 0 Å². The highest BCUT2D eigenvalue weighted by atomic mass is 35.5. The van der Waals surface area contributed by atoms with Gasteiger partial charge >= 0.3 is 0 Å². The molecule has 0 unspecified atom stereocenters. The van der Waals surface area contributed by atoms with Crippen LogP contribution in [0.1, 0.15) is 13.3 Å². The normalized spacial score (nSPS) is 15.3. The molecule has 0 bridgehead atoms. The molecule has 1 saturated heterocycles. The number of morpholine rings is 1. The Kier molecular flexibility index (Phi) is 9.36. The zero-order valence-electron chi connectivity index (χ0n) is 12.4. The first-order chi connectivity index (χ1) is 9.60. The average molecular weight is 354 g/mol. The molecule has 1 amide bonds. The van der Waals surface area contributed by atoms with Gasteiger partial charge in [0, 0.05) is 24.5 Å². The summed E-state index contributed by atoms with van der Waals surface area (Å²) < 4.78 is 18.9. The van der Waals surface area contributed by atoms with Crippen molar-refractivity contribution < 1.29 is 13.9 Å². The lowest BCUT2D eigenvalue weighted by Gasteiger charge is -2.29. The monoisotopic (exact) mass is 353 g/mol. The van der Waals surface area contributed by atoms with Crippen LogP contribution in [0.3, 0.4) is 0 Å². The molecular weight excluding hydrogens is 332 g/mol. The number of halogens is 3. The molecule has 0 aromatic heterocycles. The fourth-order valence-corrected chi connectivity index (χ4v) is 2.07. The molecule has 1 atom stereocenters. The van der Waals surface area contributed by atoms with E-state index in [1.165, 1.54) is 12.1 Å². The molecule has 1 fully saturated rings. The number of rotatable bonds is 4. The molecule has 1 aliphatic rings. The van der Waals surface area contributed by atoms with Crippen molar-refractivity contribution in [1.29, 1.82) is 0 Å². The van der Waals surface area contributed by atoms with E-state index in [-0.39, 0.29) is 36.5 Å². The number of amides is 1. The van der Waals surface area contributed by atoms with Crippen molar-refractivity contribution in [2.75, 3.05) is 36.5 Å². The summed E-state index contributed by atoms with van der Waals surface area (Å²) in [6.45, 7) is 4.50. The van der Waals surface area contributed by atoms with Crippen molar-refractivity contribution in [3.8, 4) is 0 Å². The summed E-state index contributed by atoms with van der Waals surface area (Å²) in [5.74, 6) is -0.680. The van der Waals surface area contributed by atoms with E-state index in [9.17, 15) is 9.18 Å². The van der Waals surface area contributed by atoms with E-state index < -0.39 is 6.04 Å². The van der Waals surface area contributed by atoms with E-state index in [1.807, 2.05) is 11.8 Å². The maximum atomic E-state index is 13.7. The first kappa shape index (κ1) is 20.9. The summed E-state index contributed by atoms with van der Waals surface area (Å²) in [6, 6.07) is 3.93. The Labute approximate surface area is 142 Å². The van der Waals surface area contributed by atoms with Crippen molar-refractivity contribution in [3.05, 3.63) is 24.0 Å². The number of hydrogen-bond donors (Lipinski definition) is 2. The third-order valence-corrected chi connectivity index (χ3v) is 3.30. The van der Waals surface area contributed by atoms with Gasteiger partial charge in [-0.1, -0.05) is 6.92 Å². The molecule has 0 radical (unpaired) electrons. The van der Waals surface area contributed by atoms with Crippen LogP contribution in [0.2, 0.25) is 0 Å². The van der Waals surface area contributed by atoms with Gasteiger partial charge in [0.1, 0.15) is 5.82 Å². The van der Waals surface area contributed by atoms with Crippen LogP contribution in [0.15, 0.2) is 18.2 Å². The minimum atomic E-state index is -0.579. The second kappa shape index (κ2) is 9.84. The maximum absolute atomic E-state index is 13.7. The van der Waals surface area contributed by atoms with Crippen molar-refractivity contribution in [2.45, 2.75) is 19.4 Å².